The van der Waals surface area contributed by atoms with Crippen LogP contribution in [0.25, 0.3) is 0 Å². The van der Waals surface area contributed by atoms with Gasteiger partial charge in [-0.05, 0) is 41.5 Å². The van der Waals surface area contributed by atoms with Crippen LogP contribution in [0.1, 0.15) is 13.3 Å². The van der Waals surface area contributed by atoms with Crippen molar-refractivity contribution in [1.29, 1.82) is 0 Å². The topological polar surface area (TPSA) is 71.1 Å². The first-order valence-electron chi connectivity index (χ1n) is 5.35. The molecule has 0 radical (unpaired) electrons. The zero-order valence-electron chi connectivity index (χ0n) is 9.61. The fraction of sp³-hybridized carbons (Fsp3) is 0.500. The number of anilines is 1. The summed E-state index contributed by atoms with van der Waals surface area (Å²) in [5.41, 5.74) is 0.475. The summed E-state index contributed by atoms with van der Waals surface area (Å²) in [5, 5.41) is 3.08. The molecule has 1 rings (SSSR count). The van der Waals surface area contributed by atoms with Crippen molar-refractivity contribution in [2.45, 2.75) is 13.3 Å². The van der Waals surface area contributed by atoms with Gasteiger partial charge in [-0.1, -0.05) is 6.92 Å². The zero-order chi connectivity index (χ0) is 12.7. The van der Waals surface area contributed by atoms with Crippen LogP contribution in [-0.2, 0) is 10.0 Å². The third-order valence-electron chi connectivity index (χ3n) is 1.99. The van der Waals surface area contributed by atoms with Crippen LogP contribution in [-0.4, -0.2) is 32.2 Å². The van der Waals surface area contributed by atoms with Gasteiger partial charge in [0.2, 0.25) is 10.0 Å². The molecule has 0 amide bonds. The molecule has 5 nitrogen and oxygen atoms in total. The lowest BCUT2D eigenvalue weighted by molar-refractivity contribution is 0.595. The van der Waals surface area contributed by atoms with Gasteiger partial charge in [-0.25, -0.2) is 8.42 Å². The van der Waals surface area contributed by atoms with Gasteiger partial charge in [0.1, 0.15) is 0 Å². The normalized spacial score (nSPS) is 11.4. The molecule has 0 spiro atoms. The predicted molar refractivity (Wildman–Crippen MR) is 72.5 cm³/mol. The Kier molecular flexibility index (Phi) is 5.87. The second kappa shape index (κ2) is 6.93. The summed E-state index contributed by atoms with van der Waals surface area (Å²) in [7, 11) is -3.28. The van der Waals surface area contributed by atoms with E-state index in [0.29, 0.717) is 18.7 Å². The van der Waals surface area contributed by atoms with Gasteiger partial charge in [-0.2, -0.15) is 0 Å². The SMILES string of the molecule is CCNCCCS(=O)(=O)Nc1cncc(Br)c1. The highest BCUT2D eigenvalue weighted by atomic mass is 79.9. The lowest BCUT2D eigenvalue weighted by atomic mass is 10.4. The van der Waals surface area contributed by atoms with E-state index in [2.05, 4.69) is 31.0 Å². The van der Waals surface area contributed by atoms with Gasteiger partial charge in [0, 0.05) is 10.7 Å². The molecule has 0 bridgehead atoms. The van der Waals surface area contributed by atoms with Crippen molar-refractivity contribution in [3.63, 3.8) is 0 Å². The molecule has 0 atom stereocenters. The fourth-order valence-electron chi connectivity index (χ4n) is 1.26. The molecule has 7 heteroatoms. The predicted octanol–water partition coefficient (Wildman–Crippen LogP) is 1.59. The summed E-state index contributed by atoms with van der Waals surface area (Å²) in [6.45, 7) is 3.54. The number of rotatable bonds is 7. The number of hydrogen-bond acceptors (Lipinski definition) is 4. The maximum absolute atomic E-state index is 11.7. The van der Waals surface area contributed by atoms with Crippen LogP contribution >= 0.6 is 15.9 Å². The Morgan fingerprint density at radius 2 is 2.18 bits per heavy atom. The minimum atomic E-state index is -3.28. The van der Waals surface area contributed by atoms with Crippen LogP contribution in [0, 0.1) is 0 Å². The number of nitrogens with zero attached hydrogens (tertiary/aromatic N) is 1. The van der Waals surface area contributed by atoms with Crippen molar-refractivity contribution in [2.24, 2.45) is 0 Å². The molecule has 1 heterocycles. The first-order chi connectivity index (χ1) is 8.03. The van der Waals surface area contributed by atoms with Gasteiger partial charge in [0.15, 0.2) is 0 Å². The Morgan fingerprint density at radius 3 is 2.82 bits per heavy atom. The van der Waals surface area contributed by atoms with Crippen molar-refractivity contribution >= 4 is 31.6 Å². The number of aromatic nitrogens is 1. The van der Waals surface area contributed by atoms with Gasteiger partial charge < -0.3 is 5.32 Å². The molecule has 0 aromatic carbocycles. The van der Waals surface area contributed by atoms with Crippen molar-refractivity contribution in [3.05, 3.63) is 22.9 Å². The molecule has 1 aromatic rings. The number of nitrogens with one attached hydrogen (secondary N) is 2. The molecule has 96 valence electrons. The summed E-state index contributed by atoms with van der Waals surface area (Å²) in [6, 6.07) is 1.68. The Labute approximate surface area is 110 Å². The van der Waals surface area contributed by atoms with Crippen LogP contribution in [0.2, 0.25) is 0 Å². The van der Waals surface area contributed by atoms with E-state index in [1.54, 1.807) is 12.3 Å². The number of pyridine rings is 1. The molecule has 0 saturated heterocycles. The molecule has 0 aliphatic rings. The average Bonchev–Trinajstić information content (AvgIpc) is 2.24. The van der Waals surface area contributed by atoms with Crippen LogP contribution in [0.4, 0.5) is 5.69 Å². The van der Waals surface area contributed by atoms with Crippen LogP contribution < -0.4 is 10.0 Å². The molecule has 0 aliphatic carbocycles. The van der Waals surface area contributed by atoms with Gasteiger partial charge in [-0.3, -0.25) is 9.71 Å². The van der Waals surface area contributed by atoms with E-state index in [-0.39, 0.29) is 5.75 Å². The first-order valence-corrected chi connectivity index (χ1v) is 7.80. The first kappa shape index (κ1) is 14.4. The standard InChI is InChI=1S/C10H16BrN3O2S/c1-2-12-4-3-5-17(15,16)14-10-6-9(11)7-13-8-10/h6-8,12,14H,2-5H2,1H3. The Hall–Kier alpha value is -0.660. The maximum atomic E-state index is 11.7. The molecule has 2 N–H and O–H groups in total. The Bertz CT molecular complexity index is 451. The van der Waals surface area contributed by atoms with Crippen LogP contribution in [0.5, 0.6) is 0 Å². The van der Waals surface area contributed by atoms with Gasteiger partial charge in [-0.15, -0.1) is 0 Å². The molecule has 0 fully saturated rings. The van der Waals surface area contributed by atoms with Crippen molar-refractivity contribution < 1.29 is 8.42 Å². The van der Waals surface area contributed by atoms with E-state index in [1.807, 2.05) is 6.92 Å². The largest absolute Gasteiger partial charge is 0.317 e. The number of hydrogen-bond donors (Lipinski definition) is 2. The summed E-state index contributed by atoms with van der Waals surface area (Å²) in [6.07, 6.45) is 3.67. The fourth-order valence-corrected chi connectivity index (χ4v) is 2.72. The van der Waals surface area contributed by atoms with E-state index in [0.717, 1.165) is 11.0 Å². The molecule has 1 aromatic heterocycles. The Morgan fingerprint density at radius 1 is 1.41 bits per heavy atom. The highest BCUT2D eigenvalue weighted by Crippen LogP contribution is 2.14. The molecule has 0 aliphatic heterocycles. The molecular formula is C10H16BrN3O2S. The average molecular weight is 322 g/mol. The summed E-state index contributed by atoms with van der Waals surface area (Å²) >= 11 is 3.24. The van der Waals surface area contributed by atoms with Gasteiger partial charge in [0.25, 0.3) is 0 Å². The highest BCUT2D eigenvalue weighted by Gasteiger charge is 2.10. The second-order valence-electron chi connectivity index (χ2n) is 3.52. The minimum absolute atomic E-state index is 0.104. The molecule has 17 heavy (non-hydrogen) atoms. The van der Waals surface area contributed by atoms with Gasteiger partial charge in [0.05, 0.1) is 17.6 Å². The number of sulfonamides is 1. The summed E-state index contributed by atoms with van der Waals surface area (Å²) < 4.78 is 26.6. The van der Waals surface area contributed by atoms with E-state index in [9.17, 15) is 8.42 Å². The second-order valence-corrected chi connectivity index (χ2v) is 6.28. The van der Waals surface area contributed by atoms with E-state index in [1.165, 1.54) is 6.20 Å². The van der Waals surface area contributed by atoms with Crippen molar-refractivity contribution in [3.8, 4) is 0 Å². The van der Waals surface area contributed by atoms with Crippen molar-refractivity contribution in [2.75, 3.05) is 23.6 Å². The molecule has 0 unspecified atom stereocenters. The third kappa shape index (κ3) is 5.99. The van der Waals surface area contributed by atoms with E-state index < -0.39 is 10.0 Å². The Balaban J connectivity index is 2.49. The lowest BCUT2D eigenvalue weighted by Crippen LogP contribution is -2.21. The summed E-state index contributed by atoms with van der Waals surface area (Å²) in [5.74, 6) is 0.104. The van der Waals surface area contributed by atoms with E-state index in [4.69, 9.17) is 0 Å². The highest BCUT2D eigenvalue weighted by molar-refractivity contribution is 9.10. The minimum Gasteiger partial charge on any atom is -0.317 e. The third-order valence-corrected chi connectivity index (χ3v) is 3.80. The summed E-state index contributed by atoms with van der Waals surface area (Å²) in [4.78, 5) is 3.89. The number of halogens is 1. The van der Waals surface area contributed by atoms with Crippen molar-refractivity contribution in [1.82, 2.24) is 10.3 Å². The smallest absolute Gasteiger partial charge is 0.232 e. The lowest BCUT2D eigenvalue weighted by Gasteiger charge is -2.07. The molecule has 0 saturated carbocycles. The van der Waals surface area contributed by atoms with Crippen LogP contribution in [0.3, 0.4) is 0 Å². The van der Waals surface area contributed by atoms with Crippen LogP contribution in [0.15, 0.2) is 22.9 Å². The maximum Gasteiger partial charge on any atom is 0.232 e. The molecular weight excluding hydrogens is 306 g/mol. The monoisotopic (exact) mass is 321 g/mol. The zero-order valence-corrected chi connectivity index (χ0v) is 12.0. The van der Waals surface area contributed by atoms with E-state index >= 15 is 0 Å². The van der Waals surface area contributed by atoms with Gasteiger partial charge >= 0.3 is 0 Å². The quantitative estimate of drug-likeness (QED) is 0.748.